The quantitative estimate of drug-likeness (QED) is 0.340. The van der Waals surface area contributed by atoms with Gasteiger partial charge in [0.2, 0.25) is 0 Å². The van der Waals surface area contributed by atoms with Gasteiger partial charge in [0.25, 0.3) is 0 Å². The second kappa shape index (κ2) is 5.82. The van der Waals surface area contributed by atoms with Crippen LogP contribution in [-0.2, 0) is 9.53 Å². The molecule has 1 unspecified atom stereocenters. The fourth-order valence-corrected chi connectivity index (χ4v) is 1.22. The van der Waals surface area contributed by atoms with E-state index < -0.39 is 0 Å². The van der Waals surface area contributed by atoms with Crippen LogP contribution in [0.2, 0.25) is 0 Å². The Kier molecular flexibility index (Phi) is 5.46. The van der Waals surface area contributed by atoms with Crippen LogP contribution in [0.3, 0.4) is 0 Å². The number of quaternary nitrogens is 1. The number of hydrogen-bond donors (Lipinski definition) is 0. The third kappa shape index (κ3) is 3.97. The van der Waals surface area contributed by atoms with Crippen molar-refractivity contribution < 1.29 is 31.0 Å². The van der Waals surface area contributed by atoms with Crippen molar-refractivity contribution in [2.45, 2.75) is 6.92 Å². The average molecular weight is 275 g/mol. The first-order valence-corrected chi connectivity index (χ1v) is 4.49. The fraction of sp³-hybridized carbons (Fsp3) is 0.400. The molecule has 0 fully saturated rings. The van der Waals surface area contributed by atoms with E-state index in [9.17, 15) is 4.79 Å². The van der Waals surface area contributed by atoms with Crippen molar-refractivity contribution in [3.05, 3.63) is 24.6 Å². The van der Waals surface area contributed by atoms with Crippen LogP contribution < -0.4 is 17.0 Å². The van der Waals surface area contributed by atoms with E-state index in [1.165, 1.54) is 0 Å². The molecule has 0 aromatic heterocycles. The van der Waals surface area contributed by atoms with E-state index in [1.807, 2.05) is 13.2 Å². The van der Waals surface area contributed by atoms with Gasteiger partial charge in [-0.1, -0.05) is 6.58 Å². The van der Waals surface area contributed by atoms with Crippen molar-refractivity contribution >= 4 is 12.3 Å². The van der Waals surface area contributed by atoms with Crippen LogP contribution in [0.4, 0.5) is 0 Å². The fourth-order valence-electron chi connectivity index (χ4n) is 1.22. The number of aliphatic imine (C=N–C) groups is 1. The lowest BCUT2D eigenvalue weighted by atomic mass is 10.2. The Morgan fingerprint density at radius 1 is 1.60 bits per heavy atom. The summed E-state index contributed by atoms with van der Waals surface area (Å²) >= 11 is 0. The number of rotatable bonds is 4. The predicted octanol–water partition coefficient (Wildman–Crippen LogP) is -1.93. The van der Waals surface area contributed by atoms with Crippen molar-refractivity contribution in [1.82, 2.24) is 0 Å². The van der Waals surface area contributed by atoms with Gasteiger partial charge in [-0.05, 0) is 6.92 Å². The molecular weight excluding hydrogens is 260 g/mol. The molecule has 0 aromatic carbocycles. The minimum absolute atomic E-state index is 0. The highest BCUT2D eigenvalue weighted by Crippen LogP contribution is 2.11. The molecule has 15 heavy (non-hydrogen) atoms. The second-order valence-electron chi connectivity index (χ2n) is 3.39. The van der Waals surface area contributed by atoms with Crippen LogP contribution in [0.1, 0.15) is 6.92 Å². The average Bonchev–Trinajstić information content (AvgIpc) is 2.52. The SMILES string of the molecule is C=C(C[N+]1(C)C=CN=C1)C(=O)OCC.[Br-]. The summed E-state index contributed by atoms with van der Waals surface area (Å²) in [5.41, 5.74) is 0.465. The van der Waals surface area contributed by atoms with Crippen molar-refractivity contribution in [1.29, 1.82) is 0 Å². The first-order chi connectivity index (χ1) is 6.57. The van der Waals surface area contributed by atoms with Gasteiger partial charge >= 0.3 is 5.97 Å². The molecule has 1 aliphatic heterocycles. The Morgan fingerprint density at radius 3 is 2.73 bits per heavy atom. The van der Waals surface area contributed by atoms with Gasteiger partial charge in [-0.3, -0.25) is 4.48 Å². The molecule has 1 heterocycles. The van der Waals surface area contributed by atoms with Crippen LogP contribution in [-0.4, -0.2) is 37.0 Å². The van der Waals surface area contributed by atoms with E-state index in [0.29, 0.717) is 23.2 Å². The standard InChI is InChI=1S/C10H15N2O2.BrH/c1-4-14-10(13)9(2)7-12(3)6-5-11-8-12;/h5-6,8H,2,4,7H2,1,3H3;1H/q+1;/p-1. The number of halogens is 1. The minimum Gasteiger partial charge on any atom is -1.00 e. The van der Waals surface area contributed by atoms with Gasteiger partial charge in [-0.25, -0.2) is 9.79 Å². The molecule has 0 N–H and O–H groups in total. The number of carbonyl (C=O) groups is 1. The topological polar surface area (TPSA) is 38.7 Å². The Morgan fingerprint density at radius 2 is 2.27 bits per heavy atom. The molecule has 1 rings (SSSR count). The first-order valence-electron chi connectivity index (χ1n) is 4.49. The molecule has 1 aliphatic rings. The van der Waals surface area contributed by atoms with E-state index in [2.05, 4.69) is 11.6 Å². The zero-order valence-corrected chi connectivity index (χ0v) is 10.5. The summed E-state index contributed by atoms with van der Waals surface area (Å²) in [6.45, 7) is 6.35. The Labute approximate surface area is 100 Å². The molecule has 0 bridgehead atoms. The molecule has 0 amide bonds. The second-order valence-corrected chi connectivity index (χ2v) is 3.39. The van der Waals surface area contributed by atoms with Gasteiger partial charge in [0.15, 0.2) is 6.34 Å². The van der Waals surface area contributed by atoms with Crippen molar-refractivity contribution in [2.24, 2.45) is 4.99 Å². The predicted molar refractivity (Wildman–Crippen MR) is 54.5 cm³/mol. The maximum atomic E-state index is 11.3. The molecule has 0 saturated carbocycles. The molecule has 84 valence electrons. The van der Waals surface area contributed by atoms with Gasteiger partial charge in [0.1, 0.15) is 12.7 Å². The summed E-state index contributed by atoms with van der Waals surface area (Å²) in [6.07, 6.45) is 5.35. The van der Waals surface area contributed by atoms with Crippen molar-refractivity contribution in [2.75, 3.05) is 20.2 Å². The molecule has 5 heteroatoms. The molecule has 0 spiro atoms. The van der Waals surface area contributed by atoms with Gasteiger partial charge in [0.05, 0.1) is 25.4 Å². The lowest BCUT2D eigenvalue weighted by molar-refractivity contribution is -0.750. The van der Waals surface area contributed by atoms with E-state index in [0.717, 1.165) is 0 Å². The van der Waals surface area contributed by atoms with Gasteiger partial charge in [-0.2, -0.15) is 0 Å². The summed E-state index contributed by atoms with van der Waals surface area (Å²) < 4.78 is 5.31. The molecular formula is C10H15BrN2O2. The minimum atomic E-state index is -0.333. The lowest BCUT2D eigenvalue weighted by Gasteiger charge is -2.21. The highest BCUT2D eigenvalue weighted by Gasteiger charge is 2.24. The third-order valence-corrected chi connectivity index (χ3v) is 1.92. The van der Waals surface area contributed by atoms with Crippen LogP contribution in [0.5, 0.6) is 0 Å². The highest BCUT2D eigenvalue weighted by atomic mass is 79.9. The molecule has 0 radical (unpaired) electrons. The Bertz CT molecular complexity index is 299. The molecule has 0 aromatic rings. The van der Waals surface area contributed by atoms with Crippen molar-refractivity contribution in [3.8, 4) is 0 Å². The monoisotopic (exact) mass is 274 g/mol. The summed E-state index contributed by atoms with van der Waals surface area (Å²) in [5, 5.41) is 0. The highest BCUT2D eigenvalue weighted by molar-refractivity contribution is 5.88. The summed E-state index contributed by atoms with van der Waals surface area (Å²) in [4.78, 5) is 15.2. The third-order valence-electron chi connectivity index (χ3n) is 1.92. The lowest BCUT2D eigenvalue weighted by Crippen LogP contribution is -3.00. The number of carbonyl (C=O) groups excluding carboxylic acids is 1. The number of likely N-dealkylation sites (N-methyl/N-ethyl adjacent to an activating group) is 1. The first kappa shape index (κ1) is 14.1. The van der Waals surface area contributed by atoms with Crippen molar-refractivity contribution in [3.63, 3.8) is 0 Å². The molecule has 0 saturated heterocycles. The zero-order chi connectivity index (χ0) is 10.6. The normalized spacial score (nSPS) is 22.3. The Hall–Kier alpha value is -0.940. The van der Waals surface area contributed by atoms with E-state index in [4.69, 9.17) is 4.74 Å². The molecule has 0 aliphatic carbocycles. The van der Waals surface area contributed by atoms with Crippen LogP contribution in [0.25, 0.3) is 0 Å². The van der Waals surface area contributed by atoms with E-state index in [-0.39, 0.29) is 23.0 Å². The summed E-state index contributed by atoms with van der Waals surface area (Å²) in [7, 11) is 1.94. The largest absolute Gasteiger partial charge is 1.00 e. The summed E-state index contributed by atoms with van der Waals surface area (Å²) in [5.74, 6) is -0.333. The van der Waals surface area contributed by atoms with E-state index >= 15 is 0 Å². The number of ether oxygens (including phenoxy) is 1. The number of esters is 1. The van der Waals surface area contributed by atoms with Gasteiger partial charge < -0.3 is 21.7 Å². The van der Waals surface area contributed by atoms with Gasteiger partial charge in [0, 0.05) is 0 Å². The summed E-state index contributed by atoms with van der Waals surface area (Å²) in [6, 6.07) is 0. The maximum absolute atomic E-state index is 11.3. The smallest absolute Gasteiger partial charge is 0.339 e. The molecule has 4 nitrogen and oxygen atoms in total. The van der Waals surface area contributed by atoms with Crippen LogP contribution >= 0.6 is 0 Å². The van der Waals surface area contributed by atoms with E-state index in [1.54, 1.807) is 19.5 Å². The Balaban J connectivity index is 0.00000196. The number of hydrogen-bond acceptors (Lipinski definition) is 3. The zero-order valence-electron chi connectivity index (χ0n) is 8.94. The number of nitrogens with zero attached hydrogens (tertiary/aromatic N) is 2. The van der Waals surface area contributed by atoms with Gasteiger partial charge in [-0.15, -0.1) is 0 Å². The van der Waals surface area contributed by atoms with Crippen LogP contribution in [0, 0.1) is 0 Å². The maximum Gasteiger partial charge on any atom is 0.339 e. The van der Waals surface area contributed by atoms with Crippen LogP contribution in [0.15, 0.2) is 29.5 Å². The molecule has 1 atom stereocenters.